The molecule has 0 aromatic heterocycles. The zero-order chi connectivity index (χ0) is 17.5. The molecule has 0 saturated carbocycles. The van der Waals surface area contributed by atoms with Crippen LogP contribution >= 0.6 is 0 Å². The third kappa shape index (κ3) is 4.58. The number of para-hydroxylation sites is 1. The van der Waals surface area contributed by atoms with Crippen molar-refractivity contribution in [1.82, 2.24) is 10.2 Å². The van der Waals surface area contributed by atoms with Crippen molar-refractivity contribution in [3.05, 3.63) is 66.2 Å². The van der Waals surface area contributed by atoms with Crippen LogP contribution < -0.4 is 10.1 Å². The van der Waals surface area contributed by atoms with Gasteiger partial charge in [-0.1, -0.05) is 48.5 Å². The van der Waals surface area contributed by atoms with E-state index in [1.165, 1.54) is 0 Å². The Morgan fingerprint density at radius 2 is 1.56 bits per heavy atom. The number of hydrogen-bond acceptors (Lipinski definition) is 4. The molecule has 3 rings (SSSR count). The molecule has 130 valence electrons. The topological polar surface area (TPSA) is 67.9 Å². The Labute approximate surface area is 146 Å². The van der Waals surface area contributed by atoms with Gasteiger partial charge in [-0.25, -0.2) is 4.79 Å². The molecule has 6 nitrogen and oxygen atoms in total. The van der Waals surface area contributed by atoms with Crippen molar-refractivity contribution in [2.24, 2.45) is 0 Å². The molecule has 0 unspecified atom stereocenters. The van der Waals surface area contributed by atoms with E-state index < -0.39 is 12.1 Å². The van der Waals surface area contributed by atoms with Crippen LogP contribution in [-0.2, 0) is 9.53 Å². The number of carbonyl (C=O) groups is 2. The summed E-state index contributed by atoms with van der Waals surface area (Å²) in [6, 6.07) is 17.1. The van der Waals surface area contributed by atoms with E-state index in [0.29, 0.717) is 37.6 Å². The number of nitrogens with zero attached hydrogens (tertiary/aromatic N) is 1. The predicted molar refractivity (Wildman–Crippen MR) is 92.2 cm³/mol. The number of benzene rings is 2. The average Bonchev–Trinajstić information content (AvgIpc) is 2.68. The van der Waals surface area contributed by atoms with Crippen molar-refractivity contribution >= 4 is 12.0 Å². The van der Waals surface area contributed by atoms with Gasteiger partial charge in [0, 0.05) is 13.1 Å². The summed E-state index contributed by atoms with van der Waals surface area (Å²) in [4.78, 5) is 26.8. The fourth-order valence-electron chi connectivity index (χ4n) is 2.64. The summed E-state index contributed by atoms with van der Waals surface area (Å²) >= 11 is 0. The summed E-state index contributed by atoms with van der Waals surface area (Å²) in [6.07, 6.45) is -0.665. The zero-order valence-electron chi connectivity index (χ0n) is 13.8. The number of hydrogen-bond donors (Lipinski definition) is 1. The van der Waals surface area contributed by atoms with E-state index in [1.807, 2.05) is 36.4 Å². The number of amides is 2. The summed E-state index contributed by atoms with van der Waals surface area (Å²) in [6.45, 7) is 2.03. The molecule has 2 aromatic rings. The fraction of sp³-hybridized carbons (Fsp3) is 0.263. The third-order valence-electron chi connectivity index (χ3n) is 3.92. The first-order valence-corrected chi connectivity index (χ1v) is 8.19. The monoisotopic (exact) mass is 340 g/mol. The van der Waals surface area contributed by atoms with E-state index in [2.05, 4.69) is 5.32 Å². The molecule has 1 atom stereocenters. The van der Waals surface area contributed by atoms with Crippen molar-refractivity contribution < 1.29 is 19.1 Å². The maximum atomic E-state index is 12.9. The van der Waals surface area contributed by atoms with Gasteiger partial charge in [-0.2, -0.15) is 0 Å². The van der Waals surface area contributed by atoms with Gasteiger partial charge in [0.05, 0.1) is 13.2 Å². The third-order valence-corrected chi connectivity index (χ3v) is 3.92. The Balaban J connectivity index is 1.74. The first kappa shape index (κ1) is 17.0. The van der Waals surface area contributed by atoms with Crippen LogP contribution in [0.1, 0.15) is 11.6 Å². The van der Waals surface area contributed by atoms with Crippen LogP contribution in [0.25, 0.3) is 0 Å². The normalized spacial score (nSPS) is 15.3. The van der Waals surface area contributed by atoms with Crippen LogP contribution in [0.2, 0.25) is 0 Å². The van der Waals surface area contributed by atoms with Gasteiger partial charge in [0.25, 0.3) is 0 Å². The standard InChI is InChI=1S/C19H20N2O4/c22-18(21-11-13-24-14-12-21)17(15-7-3-1-4-8-15)20-19(23)25-16-9-5-2-6-10-16/h1-10,17H,11-14H2,(H,20,23)/t17-/m0/s1. The van der Waals surface area contributed by atoms with E-state index in [4.69, 9.17) is 9.47 Å². The molecule has 25 heavy (non-hydrogen) atoms. The lowest BCUT2D eigenvalue weighted by molar-refractivity contribution is -0.137. The molecule has 2 aromatic carbocycles. The highest BCUT2D eigenvalue weighted by atomic mass is 16.6. The molecule has 1 heterocycles. The van der Waals surface area contributed by atoms with Crippen LogP contribution in [0.5, 0.6) is 5.75 Å². The van der Waals surface area contributed by atoms with Crippen LogP contribution in [-0.4, -0.2) is 43.2 Å². The van der Waals surface area contributed by atoms with Gasteiger partial charge in [0.2, 0.25) is 5.91 Å². The Hall–Kier alpha value is -2.86. The summed E-state index contributed by atoms with van der Waals surface area (Å²) in [7, 11) is 0. The maximum Gasteiger partial charge on any atom is 0.413 e. The van der Waals surface area contributed by atoms with Gasteiger partial charge in [-0.05, 0) is 17.7 Å². The molecule has 1 fully saturated rings. The molecule has 1 N–H and O–H groups in total. The minimum absolute atomic E-state index is 0.167. The number of ether oxygens (including phenoxy) is 2. The fourth-order valence-corrected chi connectivity index (χ4v) is 2.64. The van der Waals surface area contributed by atoms with Crippen molar-refractivity contribution in [1.29, 1.82) is 0 Å². The zero-order valence-corrected chi connectivity index (χ0v) is 13.8. The van der Waals surface area contributed by atoms with E-state index >= 15 is 0 Å². The van der Waals surface area contributed by atoms with Crippen LogP contribution in [0, 0.1) is 0 Å². The minimum atomic E-state index is -0.796. The van der Waals surface area contributed by atoms with Crippen LogP contribution in [0.3, 0.4) is 0 Å². The number of morpholine rings is 1. The molecule has 2 amide bonds. The van der Waals surface area contributed by atoms with Crippen molar-refractivity contribution in [2.45, 2.75) is 6.04 Å². The van der Waals surface area contributed by atoms with Crippen LogP contribution in [0.15, 0.2) is 60.7 Å². The average molecular weight is 340 g/mol. The summed E-state index contributed by atoms with van der Waals surface area (Å²) < 4.78 is 10.5. The number of nitrogens with one attached hydrogen (secondary N) is 1. The number of rotatable bonds is 4. The van der Waals surface area contributed by atoms with Crippen molar-refractivity contribution in [2.75, 3.05) is 26.3 Å². The SMILES string of the molecule is O=C(N[C@H](C(=O)N1CCOCC1)c1ccccc1)Oc1ccccc1. The Morgan fingerprint density at radius 1 is 0.960 bits per heavy atom. The molecule has 6 heteroatoms. The van der Waals surface area contributed by atoms with Gasteiger partial charge in [0.1, 0.15) is 11.8 Å². The summed E-state index contributed by atoms with van der Waals surface area (Å²) in [5.41, 5.74) is 0.712. The van der Waals surface area contributed by atoms with Gasteiger partial charge >= 0.3 is 6.09 Å². The molecule has 1 saturated heterocycles. The van der Waals surface area contributed by atoms with Crippen LogP contribution in [0.4, 0.5) is 4.79 Å². The molecule has 0 spiro atoms. The van der Waals surface area contributed by atoms with E-state index in [1.54, 1.807) is 29.2 Å². The molecule has 0 radical (unpaired) electrons. The Kier molecular flexibility index (Phi) is 5.64. The minimum Gasteiger partial charge on any atom is -0.410 e. The Morgan fingerprint density at radius 3 is 2.20 bits per heavy atom. The lowest BCUT2D eigenvalue weighted by atomic mass is 10.1. The molecule has 1 aliphatic heterocycles. The maximum absolute atomic E-state index is 12.9. The molecular formula is C19H20N2O4. The van der Waals surface area contributed by atoms with Gasteiger partial charge in [-0.3, -0.25) is 4.79 Å². The highest BCUT2D eigenvalue weighted by Crippen LogP contribution is 2.18. The predicted octanol–water partition coefficient (Wildman–Crippen LogP) is 2.38. The lowest BCUT2D eigenvalue weighted by Gasteiger charge is -2.30. The quantitative estimate of drug-likeness (QED) is 0.928. The van der Waals surface area contributed by atoms with Gasteiger partial charge < -0.3 is 19.7 Å². The molecule has 0 bridgehead atoms. The van der Waals surface area contributed by atoms with Crippen molar-refractivity contribution in [3.63, 3.8) is 0 Å². The molecule has 0 aliphatic carbocycles. The highest BCUT2D eigenvalue weighted by Gasteiger charge is 2.29. The molecule has 1 aliphatic rings. The van der Waals surface area contributed by atoms with E-state index in [-0.39, 0.29) is 5.91 Å². The second kappa shape index (κ2) is 8.30. The first-order chi connectivity index (χ1) is 12.2. The summed E-state index contributed by atoms with van der Waals surface area (Å²) in [5, 5.41) is 2.69. The second-order valence-electron chi connectivity index (χ2n) is 5.63. The largest absolute Gasteiger partial charge is 0.413 e. The summed E-state index contributed by atoms with van der Waals surface area (Å²) in [5.74, 6) is 0.255. The van der Waals surface area contributed by atoms with E-state index in [9.17, 15) is 9.59 Å². The lowest BCUT2D eigenvalue weighted by Crippen LogP contribution is -2.47. The van der Waals surface area contributed by atoms with Crippen molar-refractivity contribution in [3.8, 4) is 5.75 Å². The van der Waals surface area contributed by atoms with E-state index in [0.717, 1.165) is 0 Å². The highest BCUT2D eigenvalue weighted by molar-refractivity contribution is 5.87. The second-order valence-corrected chi connectivity index (χ2v) is 5.63. The van der Waals surface area contributed by atoms with Gasteiger partial charge in [0.15, 0.2) is 0 Å². The smallest absolute Gasteiger partial charge is 0.410 e. The number of carbonyl (C=O) groups excluding carboxylic acids is 2. The molecular weight excluding hydrogens is 320 g/mol. The first-order valence-electron chi connectivity index (χ1n) is 8.19. The van der Waals surface area contributed by atoms with Gasteiger partial charge in [-0.15, -0.1) is 0 Å². The Bertz CT molecular complexity index is 700.